The standard InChI is InChI=1S/C13H23N3/c1-10-8-11(14)9-15-12(10)16(5)7-6-13(2,3)4/h8-9H,6-7,14H2,1-5H3. The number of hydrogen-bond donors (Lipinski definition) is 1. The summed E-state index contributed by atoms with van der Waals surface area (Å²) in [5.74, 6) is 1.03. The number of rotatable bonds is 3. The van der Waals surface area contributed by atoms with Gasteiger partial charge in [0.15, 0.2) is 0 Å². The Morgan fingerprint density at radius 2 is 2.00 bits per heavy atom. The summed E-state index contributed by atoms with van der Waals surface area (Å²) < 4.78 is 0. The van der Waals surface area contributed by atoms with Crippen molar-refractivity contribution in [3.63, 3.8) is 0 Å². The number of nitrogen functional groups attached to an aromatic ring is 1. The normalized spacial score (nSPS) is 11.6. The van der Waals surface area contributed by atoms with Gasteiger partial charge in [0.05, 0.1) is 11.9 Å². The van der Waals surface area contributed by atoms with Crippen molar-refractivity contribution in [3.05, 3.63) is 17.8 Å². The van der Waals surface area contributed by atoms with E-state index < -0.39 is 0 Å². The van der Waals surface area contributed by atoms with Gasteiger partial charge in [-0.15, -0.1) is 0 Å². The molecular formula is C13H23N3. The van der Waals surface area contributed by atoms with Crippen molar-refractivity contribution < 1.29 is 0 Å². The first-order valence-corrected chi connectivity index (χ1v) is 5.73. The van der Waals surface area contributed by atoms with Crippen LogP contribution in [0.4, 0.5) is 11.5 Å². The third-order valence-corrected chi connectivity index (χ3v) is 2.63. The smallest absolute Gasteiger partial charge is 0.131 e. The Hall–Kier alpha value is -1.25. The molecule has 0 saturated carbocycles. The van der Waals surface area contributed by atoms with Crippen LogP contribution in [0.3, 0.4) is 0 Å². The summed E-state index contributed by atoms with van der Waals surface area (Å²) in [5, 5.41) is 0. The highest BCUT2D eigenvalue weighted by Gasteiger charge is 2.13. The highest BCUT2D eigenvalue weighted by Crippen LogP contribution is 2.22. The molecule has 0 bridgehead atoms. The van der Waals surface area contributed by atoms with Crippen molar-refractivity contribution in [1.29, 1.82) is 0 Å². The van der Waals surface area contributed by atoms with Gasteiger partial charge >= 0.3 is 0 Å². The Morgan fingerprint density at radius 1 is 1.38 bits per heavy atom. The quantitative estimate of drug-likeness (QED) is 0.853. The Bertz CT molecular complexity index is 353. The number of pyridine rings is 1. The fourth-order valence-electron chi connectivity index (χ4n) is 1.60. The van der Waals surface area contributed by atoms with Crippen molar-refractivity contribution in [2.24, 2.45) is 5.41 Å². The van der Waals surface area contributed by atoms with Crippen LogP contribution in [0.2, 0.25) is 0 Å². The van der Waals surface area contributed by atoms with E-state index in [4.69, 9.17) is 5.73 Å². The first-order valence-electron chi connectivity index (χ1n) is 5.73. The van der Waals surface area contributed by atoms with Gasteiger partial charge in [-0.1, -0.05) is 20.8 Å². The fourth-order valence-corrected chi connectivity index (χ4v) is 1.60. The third-order valence-electron chi connectivity index (χ3n) is 2.63. The number of hydrogen-bond acceptors (Lipinski definition) is 3. The average molecular weight is 221 g/mol. The molecule has 1 rings (SSSR count). The summed E-state index contributed by atoms with van der Waals surface area (Å²) in [4.78, 5) is 6.57. The predicted octanol–water partition coefficient (Wildman–Crippen LogP) is 2.84. The summed E-state index contributed by atoms with van der Waals surface area (Å²) in [7, 11) is 2.08. The van der Waals surface area contributed by atoms with Gasteiger partial charge in [-0.3, -0.25) is 0 Å². The van der Waals surface area contributed by atoms with E-state index in [0.29, 0.717) is 5.41 Å². The molecule has 0 aromatic carbocycles. The van der Waals surface area contributed by atoms with Crippen molar-refractivity contribution in [1.82, 2.24) is 4.98 Å². The van der Waals surface area contributed by atoms with Gasteiger partial charge in [-0.25, -0.2) is 4.98 Å². The molecule has 16 heavy (non-hydrogen) atoms. The number of aryl methyl sites for hydroxylation is 1. The van der Waals surface area contributed by atoms with Crippen LogP contribution in [0.5, 0.6) is 0 Å². The summed E-state index contributed by atoms with van der Waals surface area (Å²) in [6, 6.07) is 1.97. The molecule has 0 radical (unpaired) electrons. The molecule has 0 spiro atoms. The van der Waals surface area contributed by atoms with E-state index in [1.54, 1.807) is 6.20 Å². The van der Waals surface area contributed by atoms with Gasteiger partial charge in [-0.2, -0.15) is 0 Å². The van der Waals surface area contributed by atoms with E-state index in [1.165, 1.54) is 0 Å². The molecule has 2 N–H and O–H groups in total. The van der Waals surface area contributed by atoms with Gasteiger partial charge in [0.2, 0.25) is 0 Å². The second-order valence-corrected chi connectivity index (χ2v) is 5.64. The second kappa shape index (κ2) is 4.73. The zero-order valence-corrected chi connectivity index (χ0v) is 11.0. The summed E-state index contributed by atoms with van der Waals surface area (Å²) >= 11 is 0. The van der Waals surface area contributed by atoms with Crippen LogP contribution in [-0.4, -0.2) is 18.6 Å². The van der Waals surface area contributed by atoms with Crippen LogP contribution in [0.15, 0.2) is 12.3 Å². The minimum Gasteiger partial charge on any atom is -0.397 e. The molecule has 0 aliphatic heterocycles. The Balaban J connectivity index is 2.70. The minimum atomic E-state index is 0.357. The maximum Gasteiger partial charge on any atom is 0.131 e. The van der Waals surface area contributed by atoms with E-state index in [1.807, 2.05) is 13.0 Å². The summed E-state index contributed by atoms with van der Waals surface area (Å²) in [5.41, 5.74) is 7.91. The minimum absolute atomic E-state index is 0.357. The van der Waals surface area contributed by atoms with Crippen molar-refractivity contribution in [2.75, 3.05) is 24.2 Å². The van der Waals surface area contributed by atoms with E-state index >= 15 is 0 Å². The SMILES string of the molecule is Cc1cc(N)cnc1N(C)CCC(C)(C)C. The molecule has 1 aromatic rings. The van der Waals surface area contributed by atoms with Gasteiger partial charge < -0.3 is 10.6 Å². The zero-order chi connectivity index (χ0) is 12.3. The molecule has 0 aliphatic rings. The molecule has 0 fully saturated rings. The number of aromatic nitrogens is 1. The van der Waals surface area contributed by atoms with Gasteiger partial charge in [0.1, 0.15) is 5.82 Å². The zero-order valence-electron chi connectivity index (χ0n) is 11.0. The molecule has 0 unspecified atom stereocenters. The lowest BCUT2D eigenvalue weighted by Gasteiger charge is -2.25. The lowest BCUT2D eigenvalue weighted by molar-refractivity contribution is 0.381. The highest BCUT2D eigenvalue weighted by molar-refractivity contribution is 5.52. The molecule has 1 aromatic heterocycles. The van der Waals surface area contributed by atoms with Gasteiger partial charge in [0.25, 0.3) is 0 Å². The van der Waals surface area contributed by atoms with E-state index in [9.17, 15) is 0 Å². The molecule has 0 atom stereocenters. The number of anilines is 2. The number of nitrogens with two attached hydrogens (primary N) is 1. The van der Waals surface area contributed by atoms with Gasteiger partial charge in [0, 0.05) is 13.6 Å². The maximum absolute atomic E-state index is 5.69. The molecule has 3 nitrogen and oxygen atoms in total. The summed E-state index contributed by atoms with van der Waals surface area (Å²) in [6.45, 7) is 9.83. The molecular weight excluding hydrogens is 198 g/mol. The first-order chi connectivity index (χ1) is 7.29. The van der Waals surface area contributed by atoms with Crippen molar-refractivity contribution in [2.45, 2.75) is 34.1 Å². The van der Waals surface area contributed by atoms with E-state index in [-0.39, 0.29) is 0 Å². The molecule has 90 valence electrons. The average Bonchev–Trinajstić information content (AvgIpc) is 2.13. The van der Waals surface area contributed by atoms with Crippen LogP contribution in [0.1, 0.15) is 32.8 Å². The highest BCUT2D eigenvalue weighted by atomic mass is 15.2. The topological polar surface area (TPSA) is 42.1 Å². The van der Waals surface area contributed by atoms with E-state index in [2.05, 4.69) is 37.7 Å². The predicted molar refractivity (Wildman–Crippen MR) is 70.7 cm³/mol. The van der Waals surface area contributed by atoms with Crippen LogP contribution in [-0.2, 0) is 0 Å². The maximum atomic E-state index is 5.69. The van der Waals surface area contributed by atoms with Crippen LogP contribution in [0, 0.1) is 12.3 Å². The van der Waals surface area contributed by atoms with Crippen LogP contribution in [0.25, 0.3) is 0 Å². The molecule has 0 saturated heterocycles. The monoisotopic (exact) mass is 221 g/mol. The van der Waals surface area contributed by atoms with E-state index in [0.717, 1.165) is 30.0 Å². The molecule has 3 heteroatoms. The Kier molecular flexibility index (Phi) is 3.79. The number of nitrogens with zero attached hydrogens (tertiary/aromatic N) is 2. The largest absolute Gasteiger partial charge is 0.397 e. The van der Waals surface area contributed by atoms with Crippen molar-refractivity contribution >= 4 is 11.5 Å². The van der Waals surface area contributed by atoms with Crippen molar-refractivity contribution in [3.8, 4) is 0 Å². The lowest BCUT2D eigenvalue weighted by atomic mass is 9.92. The summed E-state index contributed by atoms with van der Waals surface area (Å²) in [6.07, 6.45) is 2.87. The lowest BCUT2D eigenvalue weighted by Crippen LogP contribution is -2.24. The Labute approximate surface area is 98.7 Å². The first kappa shape index (κ1) is 12.8. The Morgan fingerprint density at radius 3 is 2.50 bits per heavy atom. The molecule has 1 heterocycles. The fraction of sp³-hybridized carbons (Fsp3) is 0.615. The molecule has 0 aliphatic carbocycles. The van der Waals surface area contributed by atoms with Gasteiger partial charge in [-0.05, 0) is 30.4 Å². The second-order valence-electron chi connectivity index (χ2n) is 5.64. The third kappa shape index (κ3) is 3.72. The van der Waals surface area contributed by atoms with Crippen LogP contribution < -0.4 is 10.6 Å². The molecule has 0 amide bonds. The van der Waals surface area contributed by atoms with Crippen LogP contribution >= 0.6 is 0 Å².